The number of esters is 1. The molecule has 24 heavy (non-hydrogen) atoms. The second-order valence-corrected chi connectivity index (χ2v) is 6.50. The number of carbonyl (C=O) groups is 1. The van der Waals surface area contributed by atoms with Crippen molar-refractivity contribution in [3.63, 3.8) is 0 Å². The van der Waals surface area contributed by atoms with Gasteiger partial charge < -0.3 is 9.47 Å². The average molecular weight is 339 g/mol. The van der Waals surface area contributed by atoms with Gasteiger partial charge in [-0.2, -0.15) is 0 Å². The minimum atomic E-state index is -0.355. The van der Waals surface area contributed by atoms with Gasteiger partial charge in [-0.25, -0.2) is 4.79 Å². The first-order valence-electron chi connectivity index (χ1n) is 9.72. The van der Waals surface area contributed by atoms with Gasteiger partial charge in [0.05, 0.1) is 19.8 Å². The highest BCUT2D eigenvalue weighted by Crippen LogP contribution is 2.15. The van der Waals surface area contributed by atoms with Crippen molar-refractivity contribution in [3.05, 3.63) is 25.3 Å². The lowest BCUT2D eigenvalue weighted by atomic mass is 10.0. The molecule has 0 aliphatic rings. The molecule has 0 saturated carbocycles. The third-order valence-electron chi connectivity index (χ3n) is 4.18. The molecule has 3 heteroatoms. The Morgan fingerprint density at radius 1 is 0.917 bits per heavy atom. The molecule has 0 fully saturated rings. The Kier molecular flexibility index (Phi) is 17.4. The fourth-order valence-electron chi connectivity index (χ4n) is 2.71. The number of ether oxygens (including phenoxy) is 2. The fourth-order valence-corrected chi connectivity index (χ4v) is 2.71. The minimum Gasteiger partial charge on any atom is -0.462 e. The van der Waals surface area contributed by atoms with Gasteiger partial charge in [0, 0.05) is 12.0 Å². The molecular weight excluding hydrogens is 300 g/mol. The van der Waals surface area contributed by atoms with Crippen molar-refractivity contribution in [1.82, 2.24) is 0 Å². The van der Waals surface area contributed by atoms with E-state index in [1.165, 1.54) is 70.3 Å². The Bertz CT molecular complexity index is 312. The maximum Gasteiger partial charge on any atom is 0.330 e. The molecule has 0 bridgehead atoms. The van der Waals surface area contributed by atoms with Crippen LogP contribution < -0.4 is 0 Å². The molecule has 140 valence electrons. The Morgan fingerprint density at radius 3 is 2.04 bits per heavy atom. The van der Waals surface area contributed by atoms with E-state index in [9.17, 15) is 4.79 Å². The summed E-state index contributed by atoms with van der Waals surface area (Å²) in [6, 6.07) is 0. The molecule has 0 aliphatic carbocycles. The second kappa shape index (κ2) is 18.3. The van der Waals surface area contributed by atoms with Crippen LogP contribution in [-0.2, 0) is 14.3 Å². The van der Waals surface area contributed by atoms with Gasteiger partial charge in [0.25, 0.3) is 0 Å². The van der Waals surface area contributed by atoms with Crippen molar-refractivity contribution in [3.8, 4) is 0 Å². The third-order valence-corrected chi connectivity index (χ3v) is 4.18. The predicted molar refractivity (Wildman–Crippen MR) is 102 cm³/mol. The topological polar surface area (TPSA) is 35.5 Å². The van der Waals surface area contributed by atoms with Crippen LogP contribution in [0.5, 0.6) is 0 Å². The summed E-state index contributed by atoms with van der Waals surface area (Å²) in [5, 5.41) is 0. The number of rotatable bonds is 18. The normalized spacial score (nSPS) is 11.9. The van der Waals surface area contributed by atoms with E-state index in [0.29, 0.717) is 19.8 Å². The average Bonchev–Trinajstić information content (AvgIpc) is 2.60. The zero-order chi connectivity index (χ0) is 17.9. The molecule has 1 atom stereocenters. The molecule has 0 N–H and O–H groups in total. The van der Waals surface area contributed by atoms with Crippen molar-refractivity contribution in [2.45, 2.75) is 77.6 Å². The van der Waals surface area contributed by atoms with Gasteiger partial charge in [0.15, 0.2) is 0 Å². The van der Waals surface area contributed by atoms with Crippen molar-refractivity contribution >= 4 is 5.97 Å². The third kappa shape index (κ3) is 15.8. The van der Waals surface area contributed by atoms with E-state index in [1.54, 1.807) is 6.08 Å². The van der Waals surface area contributed by atoms with Crippen LogP contribution in [-0.4, -0.2) is 25.8 Å². The van der Waals surface area contributed by atoms with Gasteiger partial charge >= 0.3 is 5.97 Å². The minimum absolute atomic E-state index is 0.267. The molecular formula is C21H38O3. The Balaban J connectivity index is 3.66. The zero-order valence-corrected chi connectivity index (χ0v) is 15.8. The molecule has 0 aromatic heterocycles. The molecule has 0 aromatic carbocycles. The molecule has 0 radical (unpaired) electrons. The largest absolute Gasteiger partial charge is 0.462 e. The monoisotopic (exact) mass is 338 g/mol. The Hall–Kier alpha value is -1.09. The summed E-state index contributed by atoms with van der Waals surface area (Å²) in [4.78, 5) is 11.2. The molecule has 1 unspecified atom stereocenters. The number of hydrogen-bond acceptors (Lipinski definition) is 3. The SMILES string of the molecule is C=CCOCC(CCCCCCCCCCCC)COC(=O)C=C. The van der Waals surface area contributed by atoms with E-state index in [2.05, 4.69) is 20.1 Å². The zero-order valence-electron chi connectivity index (χ0n) is 15.8. The van der Waals surface area contributed by atoms with Crippen LogP contribution in [0.3, 0.4) is 0 Å². The van der Waals surface area contributed by atoms with E-state index < -0.39 is 0 Å². The fraction of sp³-hybridized carbons (Fsp3) is 0.762. The molecule has 0 spiro atoms. The van der Waals surface area contributed by atoms with Gasteiger partial charge in [-0.05, 0) is 6.42 Å². The Morgan fingerprint density at radius 2 is 1.50 bits per heavy atom. The summed E-state index contributed by atoms with van der Waals surface area (Å²) >= 11 is 0. The van der Waals surface area contributed by atoms with Crippen molar-refractivity contribution in [2.24, 2.45) is 5.92 Å². The van der Waals surface area contributed by atoms with Crippen LogP contribution >= 0.6 is 0 Å². The first-order chi connectivity index (χ1) is 11.7. The van der Waals surface area contributed by atoms with Crippen LogP contribution in [0, 0.1) is 5.92 Å². The lowest BCUT2D eigenvalue weighted by Crippen LogP contribution is -2.18. The summed E-state index contributed by atoms with van der Waals surface area (Å²) in [5.74, 6) is -0.0883. The van der Waals surface area contributed by atoms with Gasteiger partial charge in [0.2, 0.25) is 0 Å². The maximum atomic E-state index is 11.2. The molecule has 0 aliphatic heterocycles. The van der Waals surface area contributed by atoms with E-state index in [4.69, 9.17) is 9.47 Å². The molecule has 3 nitrogen and oxygen atoms in total. The van der Waals surface area contributed by atoms with E-state index in [0.717, 1.165) is 6.42 Å². The van der Waals surface area contributed by atoms with Crippen LogP contribution in [0.25, 0.3) is 0 Å². The summed E-state index contributed by atoms with van der Waals surface area (Å²) in [6.45, 7) is 10.9. The van der Waals surface area contributed by atoms with Crippen LogP contribution in [0.15, 0.2) is 25.3 Å². The lowest BCUT2D eigenvalue weighted by Gasteiger charge is -2.16. The van der Waals surface area contributed by atoms with Crippen molar-refractivity contribution < 1.29 is 14.3 Å². The van der Waals surface area contributed by atoms with E-state index >= 15 is 0 Å². The summed E-state index contributed by atoms with van der Waals surface area (Å²) in [7, 11) is 0. The van der Waals surface area contributed by atoms with Crippen LogP contribution in [0.4, 0.5) is 0 Å². The van der Waals surface area contributed by atoms with E-state index in [1.807, 2.05) is 0 Å². The predicted octanol–water partition coefficient (Wildman–Crippen LogP) is 5.85. The summed E-state index contributed by atoms with van der Waals surface area (Å²) in [6.07, 6.45) is 17.3. The molecule has 0 heterocycles. The highest BCUT2D eigenvalue weighted by atomic mass is 16.5. The maximum absolute atomic E-state index is 11.2. The van der Waals surface area contributed by atoms with E-state index in [-0.39, 0.29) is 11.9 Å². The quantitative estimate of drug-likeness (QED) is 0.136. The molecule has 0 rings (SSSR count). The van der Waals surface area contributed by atoms with Crippen molar-refractivity contribution in [2.75, 3.05) is 19.8 Å². The Labute approximate surface area is 149 Å². The highest BCUT2D eigenvalue weighted by Gasteiger charge is 2.11. The van der Waals surface area contributed by atoms with Crippen LogP contribution in [0.1, 0.15) is 77.6 Å². The first kappa shape index (κ1) is 22.9. The van der Waals surface area contributed by atoms with Gasteiger partial charge in [-0.3, -0.25) is 0 Å². The highest BCUT2D eigenvalue weighted by molar-refractivity contribution is 5.81. The number of unbranched alkanes of at least 4 members (excludes halogenated alkanes) is 9. The number of hydrogen-bond donors (Lipinski definition) is 0. The number of carbonyl (C=O) groups excluding carboxylic acids is 1. The second-order valence-electron chi connectivity index (χ2n) is 6.50. The van der Waals surface area contributed by atoms with Crippen LogP contribution in [0.2, 0.25) is 0 Å². The molecule has 0 aromatic rings. The summed E-state index contributed by atoms with van der Waals surface area (Å²) < 4.78 is 10.7. The lowest BCUT2D eigenvalue weighted by molar-refractivity contribution is -0.139. The van der Waals surface area contributed by atoms with Gasteiger partial charge in [-0.15, -0.1) is 6.58 Å². The molecule has 0 amide bonds. The van der Waals surface area contributed by atoms with Gasteiger partial charge in [0.1, 0.15) is 0 Å². The first-order valence-corrected chi connectivity index (χ1v) is 9.72. The smallest absolute Gasteiger partial charge is 0.330 e. The summed E-state index contributed by atoms with van der Waals surface area (Å²) in [5.41, 5.74) is 0. The van der Waals surface area contributed by atoms with Gasteiger partial charge in [-0.1, -0.05) is 83.8 Å². The molecule has 0 saturated heterocycles. The standard InChI is InChI=1S/C21H38O3/c1-4-7-8-9-10-11-12-13-14-15-16-20(18-23-17-5-2)19-24-21(22)6-3/h5-6,20H,2-4,7-19H2,1H3. The van der Waals surface area contributed by atoms with Crippen molar-refractivity contribution in [1.29, 1.82) is 0 Å².